The number of nitrogens with two attached hydrogens (primary N) is 1. The summed E-state index contributed by atoms with van der Waals surface area (Å²) in [5, 5.41) is 4.01. The van der Waals surface area contributed by atoms with Crippen molar-refractivity contribution < 1.29 is 19.1 Å². The highest BCUT2D eigenvalue weighted by atomic mass is 16.5. The molecule has 0 radical (unpaired) electrons. The summed E-state index contributed by atoms with van der Waals surface area (Å²) in [6, 6.07) is 20.3. The number of carbonyl (C=O) groups excluding carboxylic acids is 2. The number of rotatable bonds is 11. The number of nitrogens with one attached hydrogen (secondary N) is 1. The van der Waals surface area contributed by atoms with Gasteiger partial charge in [0.05, 0.1) is 23.3 Å². The fraction of sp³-hybridized carbons (Fsp3) is 0.185. The summed E-state index contributed by atoms with van der Waals surface area (Å²) in [4.78, 5) is 33.3. The summed E-state index contributed by atoms with van der Waals surface area (Å²) in [5.41, 5.74) is 8.75. The van der Waals surface area contributed by atoms with Crippen LogP contribution in [0, 0.1) is 0 Å². The summed E-state index contributed by atoms with van der Waals surface area (Å²) in [7, 11) is 1.60. The molecule has 0 aliphatic carbocycles. The Hall–Kier alpha value is -4.30. The quantitative estimate of drug-likeness (QED) is 0.253. The molecular formula is C27H26N4O4. The molecule has 0 bridgehead atoms. The molecule has 0 atom stereocenters. The molecular weight excluding hydrogens is 444 g/mol. The van der Waals surface area contributed by atoms with E-state index in [4.69, 9.17) is 15.2 Å². The van der Waals surface area contributed by atoms with Crippen molar-refractivity contribution in [3.8, 4) is 5.75 Å². The van der Waals surface area contributed by atoms with Crippen LogP contribution >= 0.6 is 0 Å². The van der Waals surface area contributed by atoms with Crippen LogP contribution in [0.15, 0.2) is 73.1 Å². The van der Waals surface area contributed by atoms with Crippen molar-refractivity contribution in [1.82, 2.24) is 9.97 Å². The van der Waals surface area contributed by atoms with E-state index in [9.17, 15) is 9.59 Å². The number of ether oxygens (including phenoxy) is 2. The zero-order chi connectivity index (χ0) is 24.6. The minimum absolute atomic E-state index is 0.0242. The van der Waals surface area contributed by atoms with Crippen molar-refractivity contribution in [2.24, 2.45) is 5.73 Å². The second kappa shape index (κ2) is 11.2. The van der Waals surface area contributed by atoms with Crippen LogP contribution in [0.5, 0.6) is 5.75 Å². The Kier molecular flexibility index (Phi) is 7.64. The van der Waals surface area contributed by atoms with Crippen molar-refractivity contribution in [3.63, 3.8) is 0 Å². The lowest BCUT2D eigenvalue weighted by molar-refractivity contribution is 0.0981. The highest BCUT2D eigenvalue weighted by Crippen LogP contribution is 2.23. The second-order valence-corrected chi connectivity index (χ2v) is 7.90. The van der Waals surface area contributed by atoms with Crippen LogP contribution in [-0.2, 0) is 17.7 Å². The molecule has 0 saturated heterocycles. The van der Waals surface area contributed by atoms with Crippen LogP contribution in [0.25, 0.3) is 10.9 Å². The maximum atomic E-state index is 13.0. The number of carbonyl (C=O) groups is 2. The van der Waals surface area contributed by atoms with E-state index in [-0.39, 0.29) is 12.2 Å². The average molecular weight is 471 g/mol. The van der Waals surface area contributed by atoms with E-state index < -0.39 is 5.91 Å². The van der Waals surface area contributed by atoms with Crippen molar-refractivity contribution >= 4 is 28.4 Å². The van der Waals surface area contributed by atoms with Gasteiger partial charge in [-0.3, -0.25) is 9.59 Å². The topological polar surface area (TPSA) is 116 Å². The van der Waals surface area contributed by atoms with Gasteiger partial charge in [0.2, 0.25) is 0 Å². The number of fused-ring (bicyclic) bond motifs is 1. The number of benzene rings is 3. The number of ketones is 1. The Bertz CT molecular complexity index is 1360. The number of nitrogens with zero attached hydrogens (tertiary/aromatic N) is 2. The number of hydrogen-bond donors (Lipinski definition) is 2. The zero-order valence-electron chi connectivity index (χ0n) is 19.4. The van der Waals surface area contributed by atoms with Crippen LogP contribution in [-0.4, -0.2) is 42.0 Å². The van der Waals surface area contributed by atoms with Crippen LogP contribution in [0.2, 0.25) is 0 Å². The molecule has 0 aliphatic rings. The molecule has 178 valence electrons. The number of hydrogen-bond acceptors (Lipinski definition) is 7. The predicted molar refractivity (Wildman–Crippen MR) is 134 cm³/mol. The number of amides is 1. The van der Waals surface area contributed by atoms with E-state index in [1.54, 1.807) is 31.4 Å². The van der Waals surface area contributed by atoms with Crippen LogP contribution in [0.3, 0.4) is 0 Å². The molecule has 8 heteroatoms. The second-order valence-electron chi connectivity index (χ2n) is 7.90. The van der Waals surface area contributed by atoms with Gasteiger partial charge in [-0.25, -0.2) is 9.97 Å². The standard InChI is InChI=1S/C27H26N4O4/c1-34-12-13-35-24-11-3-2-8-20(24)23(32)15-18-6-4-7-19(14-18)16-29-27-22-10-5-9-21(26(28)33)25(22)30-17-31-27/h2-11,14,17H,12-13,15-16H2,1H3,(H2,28,33)(H,29,30,31). The van der Waals surface area contributed by atoms with Crippen LogP contribution in [0.1, 0.15) is 31.8 Å². The molecule has 0 spiro atoms. The van der Waals surface area contributed by atoms with E-state index in [1.807, 2.05) is 42.5 Å². The smallest absolute Gasteiger partial charge is 0.250 e. The monoisotopic (exact) mass is 470 g/mol. The fourth-order valence-corrected chi connectivity index (χ4v) is 3.80. The third-order valence-electron chi connectivity index (χ3n) is 5.48. The van der Waals surface area contributed by atoms with E-state index in [2.05, 4.69) is 15.3 Å². The van der Waals surface area contributed by atoms with Crippen molar-refractivity contribution in [3.05, 3.63) is 95.3 Å². The Labute approximate surface area is 203 Å². The van der Waals surface area contributed by atoms with E-state index in [1.165, 1.54) is 6.33 Å². The first-order valence-corrected chi connectivity index (χ1v) is 11.2. The SMILES string of the molecule is COCCOc1ccccc1C(=O)Cc1cccc(CNc2ncnc3c(C(N)=O)cccc23)c1. The molecule has 3 N–H and O–H groups in total. The molecule has 1 heterocycles. The molecule has 4 aromatic rings. The van der Waals surface area contributed by atoms with Gasteiger partial charge in [-0.05, 0) is 35.4 Å². The lowest BCUT2D eigenvalue weighted by atomic mass is 10.0. The van der Waals surface area contributed by atoms with Crippen LogP contribution < -0.4 is 15.8 Å². The Morgan fingerprint density at radius 2 is 1.69 bits per heavy atom. The van der Waals surface area contributed by atoms with Crippen LogP contribution in [0.4, 0.5) is 5.82 Å². The Morgan fingerprint density at radius 1 is 0.914 bits per heavy atom. The Balaban J connectivity index is 1.47. The largest absolute Gasteiger partial charge is 0.490 e. The van der Waals surface area contributed by atoms with E-state index >= 15 is 0 Å². The number of primary amides is 1. The van der Waals surface area contributed by atoms with E-state index in [0.717, 1.165) is 11.1 Å². The molecule has 1 amide bonds. The molecule has 0 saturated carbocycles. The fourth-order valence-electron chi connectivity index (χ4n) is 3.80. The lowest BCUT2D eigenvalue weighted by Gasteiger charge is -2.12. The number of methoxy groups -OCH3 is 1. The van der Waals surface area contributed by atoms with Gasteiger partial charge in [0.25, 0.3) is 5.91 Å². The normalized spacial score (nSPS) is 10.8. The van der Waals surface area contributed by atoms with E-state index in [0.29, 0.717) is 53.4 Å². The molecule has 4 rings (SSSR count). The first-order valence-electron chi connectivity index (χ1n) is 11.2. The van der Waals surface area contributed by atoms with Crippen molar-refractivity contribution in [1.29, 1.82) is 0 Å². The molecule has 0 unspecified atom stereocenters. The van der Waals surface area contributed by atoms with Crippen molar-refractivity contribution in [2.75, 3.05) is 25.6 Å². The van der Waals surface area contributed by atoms with Gasteiger partial charge in [-0.1, -0.05) is 42.5 Å². The first-order chi connectivity index (χ1) is 17.1. The van der Waals surface area contributed by atoms with Crippen molar-refractivity contribution in [2.45, 2.75) is 13.0 Å². The molecule has 0 aliphatic heterocycles. The lowest BCUT2D eigenvalue weighted by Crippen LogP contribution is -2.12. The number of aromatic nitrogens is 2. The summed E-state index contributed by atoms with van der Waals surface area (Å²) >= 11 is 0. The van der Waals surface area contributed by atoms with Gasteiger partial charge in [0.1, 0.15) is 24.5 Å². The van der Waals surface area contributed by atoms with Gasteiger partial charge >= 0.3 is 0 Å². The van der Waals surface area contributed by atoms with Gasteiger partial charge in [-0.2, -0.15) is 0 Å². The summed E-state index contributed by atoms with van der Waals surface area (Å²) < 4.78 is 10.7. The first kappa shape index (κ1) is 23.8. The van der Waals surface area contributed by atoms with Gasteiger partial charge in [0.15, 0.2) is 5.78 Å². The predicted octanol–water partition coefficient (Wildman–Crippen LogP) is 3.79. The van der Waals surface area contributed by atoms with Gasteiger partial charge < -0.3 is 20.5 Å². The number of anilines is 1. The molecule has 1 aromatic heterocycles. The van der Waals surface area contributed by atoms with Gasteiger partial charge in [-0.15, -0.1) is 0 Å². The average Bonchev–Trinajstić information content (AvgIpc) is 2.87. The van der Waals surface area contributed by atoms with Gasteiger partial charge in [0, 0.05) is 25.5 Å². The minimum atomic E-state index is -0.539. The number of para-hydroxylation sites is 2. The molecule has 0 fully saturated rings. The highest BCUT2D eigenvalue weighted by Gasteiger charge is 2.14. The third-order valence-corrected chi connectivity index (χ3v) is 5.48. The molecule has 8 nitrogen and oxygen atoms in total. The third kappa shape index (κ3) is 5.80. The maximum absolute atomic E-state index is 13.0. The minimum Gasteiger partial charge on any atom is -0.490 e. The molecule has 3 aromatic carbocycles. The zero-order valence-corrected chi connectivity index (χ0v) is 19.4. The summed E-state index contributed by atoms with van der Waals surface area (Å²) in [6.07, 6.45) is 1.65. The molecule has 35 heavy (non-hydrogen) atoms. The maximum Gasteiger partial charge on any atom is 0.250 e. The summed E-state index contributed by atoms with van der Waals surface area (Å²) in [5.74, 6) is 0.590. The number of Topliss-reactive ketones (excluding diaryl/α,β-unsaturated/α-hetero) is 1. The highest BCUT2D eigenvalue weighted by molar-refractivity contribution is 6.06. The Morgan fingerprint density at radius 3 is 2.51 bits per heavy atom. The summed E-state index contributed by atoms with van der Waals surface area (Å²) in [6.45, 7) is 1.30.